The maximum atomic E-state index is 11.6. The molecule has 1 aliphatic carbocycles. The van der Waals surface area contributed by atoms with Crippen LogP contribution in [-0.4, -0.2) is 12.6 Å². The second kappa shape index (κ2) is 8.26. The number of hydrogen-bond acceptors (Lipinski definition) is 2. The lowest BCUT2D eigenvalue weighted by molar-refractivity contribution is -0.137. The second-order valence-electron chi connectivity index (χ2n) is 9.67. The Morgan fingerprint density at radius 3 is 2.33 bits per heavy atom. The molecule has 3 rings (SSSR count). The maximum Gasteiger partial charge on any atom is 0.330 e. The summed E-state index contributed by atoms with van der Waals surface area (Å²) in [6, 6.07) is 12.9. The molecule has 2 aromatic rings. The number of fused-ring (bicyclic) bond motifs is 1. The molecule has 0 unspecified atom stereocenters. The highest BCUT2D eigenvalue weighted by Crippen LogP contribution is 2.47. The van der Waals surface area contributed by atoms with Gasteiger partial charge in [0, 0.05) is 6.08 Å². The average Bonchev–Trinajstić information content (AvgIpc) is 2.70. The summed E-state index contributed by atoms with van der Waals surface area (Å²) in [5, 5.41) is 0. The predicted octanol–water partition coefficient (Wildman–Crippen LogP) is 6.98. The van der Waals surface area contributed by atoms with E-state index in [4.69, 9.17) is 4.74 Å². The molecule has 0 bridgehead atoms. The molecule has 0 amide bonds. The minimum atomic E-state index is -0.322. The van der Waals surface area contributed by atoms with E-state index in [-0.39, 0.29) is 16.8 Å². The van der Waals surface area contributed by atoms with Crippen molar-refractivity contribution in [3.05, 3.63) is 82.4 Å². The van der Waals surface area contributed by atoms with Gasteiger partial charge >= 0.3 is 5.97 Å². The van der Waals surface area contributed by atoms with Crippen LogP contribution < -0.4 is 0 Å². The zero-order chi connectivity index (χ0) is 22.1. The predicted molar refractivity (Wildman–Crippen MR) is 127 cm³/mol. The Labute approximate surface area is 181 Å². The van der Waals surface area contributed by atoms with Gasteiger partial charge in [0.2, 0.25) is 0 Å². The van der Waals surface area contributed by atoms with E-state index < -0.39 is 0 Å². The van der Waals surface area contributed by atoms with Gasteiger partial charge in [-0.2, -0.15) is 0 Å². The van der Waals surface area contributed by atoms with E-state index in [1.807, 2.05) is 12.1 Å². The number of benzene rings is 2. The summed E-state index contributed by atoms with van der Waals surface area (Å²) in [5.41, 5.74) is 8.78. The van der Waals surface area contributed by atoms with E-state index in [0.29, 0.717) is 6.61 Å². The van der Waals surface area contributed by atoms with Gasteiger partial charge in [-0.25, -0.2) is 4.79 Å². The zero-order valence-electron chi connectivity index (χ0n) is 19.3. The molecule has 30 heavy (non-hydrogen) atoms. The standard InChI is InChI=1S/C28H34O2/c1-8-30-26(29)13-12-21-10-9-11-22(17-21)20(3)23-18-25-24(16-19(23)2)27(4,5)14-15-28(25,6)7/h9-13,16-18H,3,8,14-15H2,1-2,4-7H3. The number of carbonyl (C=O) groups excluding carboxylic acids is 1. The van der Waals surface area contributed by atoms with E-state index in [1.165, 1.54) is 41.2 Å². The minimum absolute atomic E-state index is 0.164. The van der Waals surface area contributed by atoms with Crippen molar-refractivity contribution in [1.29, 1.82) is 0 Å². The molecular formula is C28H34O2. The van der Waals surface area contributed by atoms with Gasteiger partial charge in [0.25, 0.3) is 0 Å². The molecule has 0 saturated heterocycles. The Kier molecular flexibility index (Phi) is 6.08. The Hall–Kier alpha value is -2.61. The third kappa shape index (κ3) is 4.43. The summed E-state index contributed by atoms with van der Waals surface area (Å²) in [5.74, 6) is -0.322. The molecule has 0 spiro atoms. The molecule has 0 saturated carbocycles. The first kappa shape index (κ1) is 22.1. The summed E-state index contributed by atoms with van der Waals surface area (Å²) in [6.07, 6.45) is 5.66. The number of hydrogen-bond donors (Lipinski definition) is 0. The van der Waals surface area contributed by atoms with E-state index >= 15 is 0 Å². The highest BCUT2D eigenvalue weighted by Gasteiger charge is 2.37. The Bertz CT molecular complexity index is 1010. The number of rotatable bonds is 5. The smallest absolute Gasteiger partial charge is 0.330 e. The molecule has 0 atom stereocenters. The Balaban J connectivity index is 1.99. The van der Waals surface area contributed by atoms with Crippen molar-refractivity contribution in [3.8, 4) is 0 Å². The molecular weight excluding hydrogens is 368 g/mol. The average molecular weight is 403 g/mol. The van der Waals surface area contributed by atoms with Crippen LogP contribution >= 0.6 is 0 Å². The first-order valence-corrected chi connectivity index (χ1v) is 10.9. The molecule has 0 aliphatic heterocycles. The van der Waals surface area contributed by atoms with E-state index in [1.54, 1.807) is 13.0 Å². The van der Waals surface area contributed by atoms with Crippen molar-refractivity contribution in [3.63, 3.8) is 0 Å². The lowest BCUT2D eigenvalue weighted by atomic mass is 9.62. The summed E-state index contributed by atoms with van der Waals surface area (Å²) in [4.78, 5) is 11.6. The van der Waals surface area contributed by atoms with E-state index in [0.717, 1.165) is 16.7 Å². The summed E-state index contributed by atoms with van der Waals surface area (Å²) in [6.45, 7) is 18.2. The Morgan fingerprint density at radius 1 is 1.07 bits per heavy atom. The number of carbonyl (C=O) groups is 1. The van der Waals surface area contributed by atoms with Crippen LogP contribution in [0.5, 0.6) is 0 Å². The minimum Gasteiger partial charge on any atom is -0.463 e. The first-order valence-electron chi connectivity index (χ1n) is 10.9. The number of esters is 1. The van der Waals surface area contributed by atoms with Crippen LogP contribution in [-0.2, 0) is 20.4 Å². The van der Waals surface area contributed by atoms with Crippen molar-refractivity contribution < 1.29 is 9.53 Å². The summed E-state index contributed by atoms with van der Waals surface area (Å²) < 4.78 is 4.97. The topological polar surface area (TPSA) is 26.3 Å². The van der Waals surface area contributed by atoms with Gasteiger partial charge in [0.05, 0.1) is 6.61 Å². The normalized spacial score (nSPS) is 16.9. The molecule has 1 aliphatic rings. The summed E-state index contributed by atoms with van der Waals surface area (Å²) in [7, 11) is 0. The fraction of sp³-hybridized carbons (Fsp3) is 0.393. The van der Waals surface area contributed by atoms with Crippen molar-refractivity contribution in [2.45, 2.75) is 65.2 Å². The highest BCUT2D eigenvalue weighted by molar-refractivity contribution is 5.88. The molecule has 158 valence electrons. The number of aryl methyl sites for hydroxylation is 1. The summed E-state index contributed by atoms with van der Waals surface area (Å²) >= 11 is 0. The zero-order valence-corrected chi connectivity index (χ0v) is 19.3. The molecule has 0 fully saturated rings. The van der Waals surface area contributed by atoms with Gasteiger partial charge in [-0.1, -0.05) is 64.6 Å². The first-order chi connectivity index (χ1) is 14.0. The largest absolute Gasteiger partial charge is 0.463 e. The lowest BCUT2D eigenvalue weighted by Crippen LogP contribution is -2.34. The van der Waals surface area contributed by atoms with Gasteiger partial charge < -0.3 is 4.74 Å². The SMILES string of the molecule is C=C(c1cccc(C=CC(=O)OCC)c1)c1cc2c(cc1C)C(C)(C)CCC2(C)C. The molecule has 0 radical (unpaired) electrons. The van der Waals surface area contributed by atoms with Gasteiger partial charge in [-0.05, 0) is 88.6 Å². The Morgan fingerprint density at radius 2 is 1.70 bits per heavy atom. The lowest BCUT2D eigenvalue weighted by Gasteiger charge is -2.42. The second-order valence-corrected chi connectivity index (χ2v) is 9.67. The van der Waals surface area contributed by atoms with Crippen molar-refractivity contribution >= 4 is 17.6 Å². The van der Waals surface area contributed by atoms with Crippen LogP contribution in [0.3, 0.4) is 0 Å². The molecule has 0 aromatic heterocycles. The quantitative estimate of drug-likeness (QED) is 0.398. The molecule has 0 heterocycles. The maximum absolute atomic E-state index is 11.6. The monoisotopic (exact) mass is 402 g/mol. The third-order valence-electron chi connectivity index (χ3n) is 6.46. The van der Waals surface area contributed by atoms with Crippen molar-refractivity contribution in [2.24, 2.45) is 0 Å². The molecule has 2 aromatic carbocycles. The third-order valence-corrected chi connectivity index (χ3v) is 6.46. The van der Waals surface area contributed by atoms with E-state index in [9.17, 15) is 4.79 Å². The van der Waals surface area contributed by atoms with Gasteiger partial charge in [0.15, 0.2) is 0 Å². The molecule has 0 N–H and O–H groups in total. The van der Waals surface area contributed by atoms with Crippen LogP contribution in [0, 0.1) is 6.92 Å². The fourth-order valence-electron chi connectivity index (χ4n) is 4.39. The van der Waals surface area contributed by atoms with Gasteiger partial charge in [0.1, 0.15) is 0 Å². The molecule has 2 heteroatoms. The molecule has 2 nitrogen and oxygen atoms in total. The van der Waals surface area contributed by atoms with Gasteiger partial charge in [-0.15, -0.1) is 0 Å². The highest BCUT2D eigenvalue weighted by atomic mass is 16.5. The van der Waals surface area contributed by atoms with Crippen LogP contribution in [0.25, 0.3) is 11.6 Å². The van der Waals surface area contributed by atoms with Crippen LogP contribution in [0.4, 0.5) is 0 Å². The number of ether oxygens (including phenoxy) is 1. The van der Waals surface area contributed by atoms with Crippen molar-refractivity contribution in [1.82, 2.24) is 0 Å². The van der Waals surface area contributed by atoms with E-state index in [2.05, 4.69) is 65.5 Å². The van der Waals surface area contributed by atoms with Crippen LogP contribution in [0.2, 0.25) is 0 Å². The fourth-order valence-corrected chi connectivity index (χ4v) is 4.39. The van der Waals surface area contributed by atoms with Gasteiger partial charge in [-0.3, -0.25) is 0 Å². The van der Waals surface area contributed by atoms with Crippen molar-refractivity contribution in [2.75, 3.05) is 6.61 Å². The van der Waals surface area contributed by atoms with Crippen LogP contribution in [0.15, 0.2) is 49.1 Å². The van der Waals surface area contributed by atoms with Crippen LogP contribution in [0.1, 0.15) is 80.8 Å².